The zero-order chi connectivity index (χ0) is 20.8. The number of nitrogens with one attached hydrogen (secondary N) is 1. The van der Waals surface area contributed by atoms with Crippen molar-refractivity contribution in [3.8, 4) is 11.3 Å². The Kier molecular flexibility index (Phi) is 4.65. The van der Waals surface area contributed by atoms with E-state index in [1.165, 1.54) is 22.1 Å². The second-order valence-electron chi connectivity index (χ2n) is 7.59. The van der Waals surface area contributed by atoms with Crippen molar-refractivity contribution in [1.82, 2.24) is 15.0 Å². The molecule has 0 fully saturated rings. The Bertz CT molecular complexity index is 1390. The Morgan fingerprint density at radius 3 is 2.71 bits per heavy atom. The maximum Gasteiger partial charge on any atom is 0.189 e. The van der Waals surface area contributed by atoms with Crippen LogP contribution in [0.5, 0.6) is 0 Å². The van der Waals surface area contributed by atoms with E-state index in [0.29, 0.717) is 6.54 Å². The van der Waals surface area contributed by atoms with Gasteiger partial charge in [-0.05, 0) is 48.8 Å². The van der Waals surface area contributed by atoms with Crippen LogP contribution in [0.4, 0.5) is 5.82 Å². The molecule has 0 unspecified atom stereocenters. The molecule has 0 aliphatic heterocycles. The number of furan rings is 1. The lowest BCUT2D eigenvalue weighted by Gasteiger charge is -2.10. The number of aromatic nitrogens is 3. The summed E-state index contributed by atoms with van der Waals surface area (Å²) < 4.78 is 6.55. The molecule has 0 amide bonds. The van der Waals surface area contributed by atoms with Crippen molar-refractivity contribution < 1.29 is 4.42 Å². The molecule has 1 aromatic carbocycles. The number of hydrogen-bond acceptors (Lipinski definition) is 7. The van der Waals surface area contributed by atoms with Gasteiger partial charge in [0.15, 0.2) is 5.16 Å². The standard InChI is InChI=1S/C24H20N4OS2/c1-30-24-27-20-18-16-10-5-11-17(16)19(14-7-3-2-4-8-14)26-23(18)31-21(20)22(28-24)25-13-15-9-6-12-29-15/h2-4,6-9,12H,5,10-11,13H2,1H3,(H,25,27,28). The van der Waals surface area contributed by atoms with Gasteiger partial charge in [0.25, 0.3) is 0 Å². The summed E-state index contributed by atoms with van der Waals surface area (Å²) in [6.45, 7) is 0.585. The lowest BCUT2D eigenvalue weighted by Crippen LogP contribution is -2.02. The summed E-state index contributed by atoms with van der Waals surface area (Å²) in [5.41, 5.74) is 6.12. The van der Waals surface area contributed by atoms with Gasteiger partial charge >= 0.3 is 0 Å². The molecule has 0 bridgehead atoms. The van der Waals surface area contributed by atoms with Crippen LogP contribution in [0.2, 0.25) is 0 Å². The number of hydrogen-bond donors (Lipinski definition) is 1. The minimum Gasteiger partial charge on any atom is -0.467 e. The predicted molar refractivity (Wildman–Crippen MR) is 128 cm³/mol. The third kappa shape index (κ3) is 3.20. The van der Waals surface area contributed by atoms with Gasteiger partial charge in [-0.25, -0.2) is 15.0 Å². The SMILES string of the molecule is CSc1nc(NCc2ccco2)c2sc3nc(-c4ccccc4)c4c(c3c2n1)CCC4. The summed E-state index contributed by atoms with van der Waals surface area (Å²) in [7, 11) is 0. The Morgan fingerprint density at radius 1 is 1.03 bits per heavy atom. The number of thiophene rings is 1. The number of benzene rings is 1. The first-order chi connectivity index (χ1) is 15.3. The summed E-state index contributed by atoms with van der Waals surface area (Å²) in [5.74, 6) is 1.73. The van der Waals surface area contributed by atoms with Gasteiger partial charge in [0.1, 0.15) is 16.4 Å². The summed E-state index contributed by atoms with van der Waals surface area (Å²) in [6, 6.07) is 14.4. The second kappa shape index (κ2) is 7.66. The molecule has 6 rings (SSSR count). The molecule has 0 radical (unpaired) electrons. The lowest BCUT2D eigenvalue weighted by atomic mass is 10.0. The first-order valence-corrected chi connectivity index (χ1v) is 12.4. The molecule has 0 spiro atoms. The van der Waals surface area contributed by atoms with Gasteiger partial charge in [-0.2, -0.15) is 0 Å². The van der Waals surface area contributed by atoms with Gasteiger partial charge in [0, 0.05) is 10.9 Å². The van der Waals surface area contributed by atoms with Crippen LogP contribution in [0.1, 0.15) is 23.3 Å². The monoisotopic (exact) mass is 444 g/mol. The predicted octanol–water partition coefficient (Wildman–Crippen LogP) is 6.32. The van der Waals surface area contributed by atoms with E-state index in [-0.39, 0.29) is 0 Å². The molecule has 0 saturated heterocycles. The number of nitrogens with zero attached hydrogens (tertiary/aromatic N) is 3. The number of fused-ring (bicyclic) bond motifs is 5. The first kappa shape index (κ1) is 18.8. The summed E-state index contributed by atoms with van der Waals surface area (Å²) in [5, 5.41) is 5.45. The van der Waals surface area contributed by atoms with E-state index in [1.54, 1.807) is 29.4 Å². The lowest BCUT2D eigenvalue weighted by molar-refractivity contribution is 0.518. The van der Waals surface area contributed by atoms with Crippen molar-refractivity contribution in [2.75, 3.05) is 11.6 Å². The highest BCUT2D eigenvalue weighted by Gasteiger charge is 2.25. The molecule has 154 valence electrons. The highest BCUT2D eigenvalue weighted by molar-refractivity contribution is 7.98. The summed E-state index contributed by atoms with van der Waals surface area (Å²) in [4.78, 5) is 15.9. The molecule has 4 heterocycles. The number of thioether (sulfide) groups is 1. The Labute approximate surface area is 187 Å². The van der Waals surface area contributed by atoms with Crippen LogP contribution in [0, 0.1) is 0 Å². The van der Waals surface area contributed by atoms with Gasteiger partial charge < -0.3 is 9.73 Å². The van der Waals surface area contributed by atoms with Gasteiger partial charge in [-0.1, -0.05) is 42.1 Å². The third-order valence-corrected chi connectivity index (χ3v) is 7.38. The van der Waals surface area contributed by atoms with Gasteiger partial charge in [-0.3, -0.25) is 0 Å². The topological polar surface area (TPSA) is 63.8 Å². The average molecular weight is 445 g/mol. The Morgan fingerprint density at radius 2 is 1.90 bits per heavy atom. The fourth-order valence-electron chi connectivity index (χ4n) is 4.38. The summed E-state index contributed by atoms with van der Waals surface area (Å²) >= 11 is 3.25. The highest BCUT2D eigenvalue weighted by atomic mass is 32.2. The van der Waals surface area contributed by atoms with E-state index in [9.17, 15) is 0 Å². The molecule has 1 aliphatic carbocycles. The second-order valence-corrected chi connectivity index (χ2v) is 9.36. The first-order valence-electron chi connectivity index (χ1n) is 10.3. The van der Waals surface area contributed by atoms with E-state index in [0.717, 1.165) is 56.7 Å². The van der Waals surface area contributed by atoms with E-state index >= 15 is 0 Å². The zero-order valence-corrected chi connectivity index (χ0v) is 18.6. The number of pyridine rings is 1. The van der Waals surface area contributed by atoms with Crippen LogP contribution >= 0.6 is 23.1 Å². The van der Waals surface area contributed by atoms with Crippen LogP contribution in [0.25, 0.3) is 31.7 Å². The molecule has 7 heteroatoms. The molecular formula is C24H20N4OS2. The van der Waals surface area contributed by atoms with Gasteiger partial charge in [0.2, 0.25) is 0 Å². The van der Waals surface area contributed by atoms with Crippen molar-refractivity contribution in [3.63, 3.8) is 0 Å². The molecule has 5 nitrogen and oxygen atoms in total. The maximum absolute atomic E-state index is 5.49. The summed E-state index contributed by atoms with van der Waals surface area (Å²) in [6.07, 6.45) is 7.02. The quantitative estimate of drug-likeness (QED) is 0.253. The Hall–Kier alpha value is -2.90. The normalized spacial score (nSPS) is 13.2. The highest BCUT2D eigenvalue weighted by Crippen LogP contribution is 2.44. The Balaban J connectivity index is 1.58. The fraction of sp³-hybridized carbons (Fsp3) is 0.208. The molecule has 4 aromatic heterocycles. The van der Waals surface area contributed by atoms with Crippen molar-refractivity contribution >= 4 is 49.3 Å². The average Bonchev–Trinajstić information content (AvgIpc) is 3.56. The molecule has 1 aliphatic rings. The molecular weight excluding hydrogens is 424 g/mol. The van der Waals surface area contributed by atoms with Crippen molar-refractivity contribution in [3.05, 3.63) is 65.6 Å². The molecule has 0 atom stereocenters. The minimum absolute atomic E-state index is 0.585. The van der Waals surface area contributed by atoms with Crippen LogP contribution in [0.15, 0.2) is 58.3 Å². The van der Waals surface area contributed by atoms with Crippen molar-refractivity contribution in [1.29, 1.82) is 0 Å². The largest absolute Gasteiger partial charge is 0.467 e. The molecule has 0 saturated carbocycles. The third-order valence-electron chi connectivity index (χ3n) is 5.75. The van der Waals surface area contributed by atoms with Crippen LogP contribution in [0.3, 0.4) is 0 Å². The molecule has 5 aromatic rings. The molecule has 31 heavy (non-hydrogen) atoms. The van der Waals surface area contributed by atoms with Crippen LogP contribution < -0.4 is 5.32 Å². The maximum atomic E-state index is 5.49. The van der Waals surface area contributed by atoms with E-state index in [1.807, 2.05) is 18.4 Å². The zero-order valence-electron chi connectivity index (χ0n) is 17.0. The van der Waals surface area contributed by atoms with E-state index in [2.05, 4.69) is 35.6 Å². The van der Waals surface area contributed by atoms with Gasteiger partial charge in [0.05, 0.1) is 28.7 Å². The smallest absolute Gasteiger partial charge is 0.189 e. The van der Waals surface area contributed by atoms with Crippen molar-refractivity contribution in [2.45, 2.75) is 31.0 Å². The van der Waals surface area contributed by atoms with Crippen LogP contribution in [-0.4, -0.2) is 21.2 Å². The number of rotatable bonds is 5. The van der Waals surface area contributed by atoms with Crippen molar-refractivity contribution in [2.24, 2.45) is 0 Å². The number of anilines is 1. The number of aryl methyl sites for hydroxylation is 1. The fourth-order valence-corrected chi connectivity index (χ4v) is 5.85. The van der Waals surface area contributed by atoms with E-state index in [4.69, 9.17) is 19.4 Å². The molecule has 1 N–H and O–H groups in total. The minimum atomic E-state index is 0.585. The van der Waals surface area contributed by atoms with Crippen LogP contribution in [-0.2, 0) is 19.4 Å². The van der Waals surface area contributed by atoms with Gasteiger partial charge in [-0.15, -0.1) is 11.3 Å². The van der Waals surface area contributed by atoms with E-state index < -0.39 is 0 Å².